The first-order chi connectivity index (χ1) is 8.81. The second-order valence-electron chi connectivity index (χ2n) is 3.69. The summed E-state index contributed by atoms with van der Waals surface area (Å²) in [4.78, 5) is 16.7. The minimum absolute atomic E-state index is 0.117. The lowest BCUT2D eigenvalue weighted by Crippen LogP contribution is -2.25. The van der Waals surface area contributed by atoms with Crippen LogP contribution in [0.25, 0.3) is 15.9 Å². The molecule has 0 saturated carbocycles. The van der Waals surface area contributed by atoms with Gasteiger partial charge < -0.3 is 0 Å². The normalized spacial score (nSPS) is 10.7. The summed E-state index contributed by atoms with van der Waals surface area (Å²) in [5, 5.41) is 1.84. The number of nitrogens with two attached hydrogens (primary N) is 1. The molecule has 0 aliphatic rings. The third-order valence-corrected chi connectivity index (χ3v) is 3.52. The number of thiophene rings is 1. The summed E-state index contributed by atoms with van der Waals surface area (Å²) in [6.07, 6.45) is 0. The summed E-state index contributed by atoms with van der Waals surface area (Å²) in [7, 11) is 0. The maximum absolute atomic E-state index is 12.4. The number of para-hydroxylation sites is 1. The number of nitrogen functional groups attached to an aromatic ring is 1. The highest BCUT2D eigenvalue weighted by molar-refractivity contribution is 7.17. The number of hydrogen-bond donors (Lipinski definition) is 2. The fourth-order valence-corrected chi connectivity index (χ4v) is 2.59. The predicted molar refractivity (Wildman–Crippen MR) is 73.0 cm³/mol. The van der Waals surface area contributed by atoms with Gasteiger partial charge in [0, 0.05) is 0 Å². The lowest BCUT2D eigenvalue weighted by molar-refractivity contribution is 0.959. The van der Waals surface area contributed by atoms with Crippen molar-refractivity contribution in [3.05, 3.63) is 52.1 Å². The number of benzene rings is 1. The van der Waals surface area contributed by atoms with Crippen LogP contribution < -0.4 is 16.8 Å². The van der Waals surface area contributed by atoms with Gasteiger partial charge in [-0.1, -0.05) is 18.2 Å². The van der Waals surface area contributed by atoms with E-state index in [1.54, 1.807) is 6.07 Å². The molecule has 0 saturated heterocycles. The summed E-state index contributed by atoms with van der Waals surface area (Å²) in [5.74, 6) is 5.78. The van der Waals surface area contributed by atoms with Gasteiger partial charge in [-0.3, -0.25) is 10.2 Å². The highest BCUT2D eigenvalue weighted by Gasteiger charge is 2.12. The maximum Gasteiger partial charge on any atom is 0.277 e. The van der Waals surface area contributed by atoms with E-state index in [-0.39, 0.29) is 5.56 Å². The van der Waals surface area contributed by atoms with Crippen molar-refractivity contribution in [2.75, 3.05) is 5.43 Å². The Hall–Kier alpha value is -2.18. The first kappa shape index (κ1) is 10.9. The van der Waals surface area contributed by atoms with Crippen LogP contribution in [0.2, 0.25) is 0 Å². The van der Waals surface area contributed by atoms with Crippen molar-refractivity contribution in [3.8, 4) is 5.69 Å². The number of aromatic nitrogens is 2. The number of hydrazine groups is 1. The molecule has 0 spiro atoms. The predicted octanol–water partition coefficient (Wildman–Crippen LogP) is 1.73. The minimum Gasteiger partial charge on any atom is -0.293 e. The van der Waals surface area contributed by atoms with Crippen LogP contribution >= 0.6 is 11.3 Å². The van der Waals surface area contributed by atoms with Crippen molar-refractivity contribution >= 4 is 27.5 Å². The van der Waals surface area contributed by atoms with Crippen molar-refractivity contribution < 1.29 is 0 Å². The van der Waals surface area contributed by atoms with Crippen LogP contribution in [0.15, 0.2) is 46.6 Å². The Kier molecular flexibility index (Phi) is 2.58. The molecule has 3 aromatic rings. The van der Waals surface area contributed by atoms with E-state index >= 15 is 0 Å². The molecule has 90 valence electrons. The molecule has 2 heterocycles. The lowest BCUT2D eigenvalue weighted by Gasteiger charge is -2.10. The Labute approximate surface area is 106 Å². The number of nitrogens with one attached hydrogen (secondary N) is 1. The highest BCUT2D eigenvalue weighted by Crippen LogP contribution is 2.19. The molecule has 0 amide bonds. The van der Waals surface area contributed by atoms with E-state index in [0.29, 0.717) is 16.2 Å². The van der Waals surface area contributed by atoms with Crippen LogP contribution in [-0.2, 0) is 0 Å². The van der Waals surface area contributed by atoms with Gasteiger partial charge in [0.2, 0.25) is 5.95 Å². The number of rotatable bonds is 2. The van der Waals surface area contributed by atoms with Gasteiger partial charge in [0.15, 0.2) is 0 Å². The molecule has 5 nitrogen and oxygen atoms in total. The average Bonchev–Trinajstić information content (AvgIpc) is 2.88. The van der Waals surface area contributed by atoms with Gasteiger partial charge in [0.1, 0.15) is 4.70 Å². The van der Waals surface area contributed by atoms with E-state index in [1.807, 2.05) is 35.7 Å². The quantitative estimate of drug-likeness (QED) is 0.542. The second kappa shape index (κ2) is 4.25. The monoisotopic (exact) mass is 258 g/mol. The Balaban J connectivity index is 2.40. The van der Waals surface area contributed by atoms with Crippen molar-refractivity contribution in [1.29, 1.82) is 0 Å². The molecule has 0 bridgehead atoms. The molecular formula is C12H10N4OS. The van der Waals surface area contributed by atoms with E-state index in [2.05, 4.69) is 10.4 Å². The van der Waals surface area contributed by atoms with E-state index in [1.165, 1.54) is 15.9 Å². The first-order valence-electron chi connectivity index (χ1n) is 5.33. The molecule has 3 rings (SSSR count). The Morgan fingerprint density at radius 3 is 2.72 bits per heavy atom. The summed E-state index contributed by atoms with van der Waals surface area (Å²) in [6.45, 7) is 0. The Bertz CT molecular complexity index is 748. The molecule has 18 heavy (non-hydrogen) atoms. The molecule has 0 unspecified atom stereocenters. The van der Waals surface area contributed by atoms with Gasteiger partial charge in [-0.15, -0.1) is 11.3 Å². The number of fused-ring (bicyclic) bond motifs is 1. The van der Waals surface area contributed by atoms with Gasteiger partial charge in [-0.05, 0) is 23.6 Å². The molecule has 6 heteroatoms. The van der Waals surface area contributed by atoms with Crippen molar-refractivity contribution in [1.82, 2.24) is 9.55 Å². The summed E-state index contributed by atoms with van der Waals surface area (Å²) in [5.41, 5.74) is 3.75. The standard InChI is InChI=1S/C12H10N4OS/c13-15-12-14-9-6-7-18-10(9)11(17)16(12)8-4-2-1-3-5-8/h1-7H,13H2,(H,14,15). The zero-order valence-electron chi connectivity index (χ0n) is 9.33. The third-order valence-electron chi connectivity index (χ3n) is 2.62. The molecular weight excluding hydrogens is 248 g/mol. The molecule has 0 fully saturated rings. The number of hydrogen-bond acceptors (Lipinski definition) is 5. The molecule has 2 aromatic heterocycles. The largest absolute Gasteiger partial charge is 0.293 e. The van der Waals surface area contributed by atoms with Crippen molar-refractivity contribution in [2.45, 2.75) is 0 Å². The topological polar surface area (TPSA) is 72.9 Å². The Morgan fingerprint density at radius 1 is 1.22 bits per heavy atom. The lowest BCUT2D eigenvalue weighted by atomic mass is 10.3. The van der Waals surface area contributed by atoms with Crippen molar-refractivity contribution in [3.63, 3.8) is 0 Å². The SMILES string of the molecule is NNc1nc2ccsc2c(=O)n1-c1ccccc1. The first-order valence-corrected chi connectivity index (χ1v) is 6.21. The van der Waals surface area contributed by atoms with Crippen LogP contribution in [-0.4, -0.2) is 9.55 Å². The van der Waals surface area contributed by atoms with Gasteiger partial charge >= 0.3 is 0 Å². The summed E-state index contributed by atoms with van der Waals surface area (Å²) >= 11 is 1.38. The van der Waals surface area contributed by atoms with E-state index in [0.717, 1.165) is 5.69 Å². The molecule has 0 atom stereocenters. The van der Waals surface area contributed by atoms with Crippen LogP contribution in [0.1, 0.15) is 0 Å². The Morgan fingerprint density at radius 2 is 2.00 bits per heavy atom. The van der Waals surface area contributed by atoms with Crippen LogP contribution in [0, 0.1) is 0 Å². The molecule has 0 aliphatic carbocycles. The van der Waals surface area contributed by atoms with Gasteiger partial charge in [-0.2, -0.15) is 0 Å². The summed E-state index contributed by atoms with van der Waals surface area (Å²) in [6, 6.07) is 11.1. The molecule has 3 N–H and O–H groups in total. The van der Waals surface area contributed by atoms with E-state index in [4.69, 9.17) is 5.84 Å². The molecule has 0 aliphatic heterocycles. The maximum atomic E-state index is 12.4. The number of anilines is 1. The number of nitrogens with zero attached hydrogens (tertiary/aromatic N) is 2. The summed E-state index contributed by atoms with van der Waals surface area (Å²) < 4.78 is 2.09. The molecule has 0 radical (unpaired) electrons. The van der Waals surface area contributed by atoms with Gasteiger partial charge in [-0.25, -0.2) is 15.4 Å². The van der Waals surface area contributed by atoms with Crippen LogP contribution in [0.4, 0.5) is 5.95 Å². The highest BCUT2D eigenvalue weighted by atomic mass is 32.1. The molecule has 1 aromatic carbocycles. The second-order valence-corrected chi connectivity index (χ2v) is 4.61. The smallest absolute Gasteiger partial charge is 0.277 e. The minimum atomic E-state index is -0.117. The fraction of sp³-hybridized carbons (Fsp3) is 0. The zero-order valence-corrected chi connectivity index (χ0v) is 10.1. The zero-order chi connectivity index (χ0) is 12.5. The van der Waals surface area contributed by atoms with Crippen LogP contribution in [0.3, 0.4) is 0 Å². The van der Waals surface area contributed by atoms with Gasteiger partial charge in [0.05, 0.1) is 11.2 Å². The van der Waals surface area contributed by atoms with Crippen LogP contribution in [0.5, 0.6) is 0 Å². The third kappa shape index (κ3) is 1.59. The van der Waals surface area contributed by atoms with Crippen molar-refractivity contribution in [2.24, 2.45) is 5.84 Å². The van der Waals surface area contributed by atoms with Gasteiger partial charge in [0.25, 0.3) is 5.56 Å². The fourth-order valence-electron chi connectivity index (χ4n) is 1.83. The average molecular weight is 258 g/mol. The van der Waals surface area contributed by atoms with E-state index < -0.39 is 0 Å². The van der Waals surface area contributed by atoms with E-state index in [9.17, 15) is 4.79 Å².